The fraction of sp³-hybridized carbons (Fsp3) is 0.500. The van der Waals surface area contributed by atoms with Gasteiger partial charge >= 0.3 is 0 Å². The van der Waals surface area contributed by atoms with Crippen molar-refractivity contribution < 1.29 is 14.6 Å². The molecule has 2 atom stereocenters. The van der Waals surface area contributed by atoms with Gasteiger partial charge in [0.2, 0.25) is 0 Å². The van der Waals surface area contributed by atoms with E-state index >= 15 is 0 Å². The molecule has 4 nitrogen and oxygen atoms in total. The van der Waals surface area contributed by atoms with Gasteiger partial charge in [-0.25, -0.2) is 0 Å². The Morgan fingerprint density at radius 1 is 1.15 bits per heavy atom. The minimum absolute atomic E-state index is 0.200. The molecule has 0 aliphatic carbocycles. The molecule has 0 radical (unpaired) electrons. The van der Waals surface area contributed by atoms with Crippen LogP contribution in [-0.4, -0.2) is 29.6 Å². The third kappa shape index (κ3) is 2.81. The van der Waals surface area contributed by atoms with Crippen LogP contribution >= 0.6 is 0 Å². The van der Waals surface area contributed by atoms with Gasteiger partial charge in [0.1, 0.15) is 12.5 Å². The zero-order chi connectivity index (χ0) is 13.9. The summed E-state index contributed by atoms with van der Waals surface area (Å²) in [6.07, 6.45) is 5.09. The van der Waals surface area contributed by atoms with Crippen LogP contribution in [0.15, 0.2) is 30.7 Å². The van der Waals surface area contributed by atoms with E-state index in [0.717, 1.165) is 25.2 Å². The van der Waals surface area contributed by atoms with E-state index in [4.69, 9.17) is 9.47 Å². The van der Waals surface area contributed by atoms with Crippen LogP contribution in [-0.2, 0) is 0 Å². The molecule has 2 aliphatic rings. The molecule has 1 fully saturated rings. The summed E-state index contributed by atoms with van der Waals surface area (Å²) in [5.41, 5.74) is 0.884. The molecule has 0 saturated carbocycles. The fourth-order valence-electron chi connectivity index (χ4n) is 2.90. The first kappa shape index (κ1) is 13.5. The molecule has 0 spiro atoms. The standard InChI is InChI=1S/C16H21NO3/c1-12(11-17-6-2-3-7-17)16(18)13-4-5-14-15(10-13)20-9-8-19-14/h4-5,8-10,12,16,18H,2-3,6-7,11H2,1H3/t12-,16+/m1/s1. The molecule has 0 amide bonds. The average molecular weight is 275 g/mol. The van der Waals surface area contributed by atoms with E-state index in [1.54, 1.807) is 0 Å². The van der Waals surface area contributed by atoms with E-state index in [1.165, 1.54) is 25.4 Å². The number of hydrogen-bond acceptors (Lipinski definition) is 4. The number of hydrogen-bond donors (Lipinski definition) is 1. The Balaban J connectivity index is 1.68. The summed E-state index contributed by atoms with van der Waals surface area (Å²) in [6, 6.07) is 5.62. The van der Waals surface area contributed by atoms with E-state index in [0.29, 0.717) is 11.5 Å². The maximum absolute atomic E-state index is 10.5. The Kier molecular flexibility index (Phi) is 3.94. The molecule has 0 aromatic heterocycles. The molecule has 0 bridgehead atoms. The lowest BCUT2D eigenvalue weighted by Gasteiger charge is -2.25. The zero-order valence-electron chi connectivity index (χ0n) is 11.8. The molecule has 3 rings (SSSR count). The molecular weight excluding hydrogens is 254 g/mol. The summed E-state index contributed by atoms with van der Waals surface area (Å²) in [5.74, 6) is 1.55. The first-order valence-corrected chi connectivity index (χ1v) is 7.27. The van der Waals surface area contributed by atoms with E-state index in [2.05, 4.69) is 11.8 Å². The Hall–Kier alpha value is -1.52. The molecule has 1 aromatic carbocycles. The van der Waals surface area contributed by atoms with Gasteiger partial charge in [-0.15, -0.1) is 0 Å². The highest BCUT2D eigenvalue weighted by Crippen LogP contribution is 2.34. The molecule has 4 heteroatoms. The molecule has 2 heterocycles. The number of nitrogens with zero attached hydrogens (tertiary/aromatic N) is 1. The van der Waals surface area contributed by atoms with Crippen molar-refractivity contribution in [2.45, 2.75) is 25.9 Å². The van der Waals surface area contributed by atoms with Crippen LogP contribution in [0.25, 0.3) is 0 Å². The van der Waals surface area contributed by atoms with Gasteiger partial charge in [-0.2, -0.15) is 0 Å². The van der Waals surface area contributed by atoms with Gasteiger partial charge in [-0.1, -0.05) is 13.0 Å². The van der Waals surface area contributed by atoms with Gasteiger partial charge in [-0.05, 0) is 49.5 Å². The lowest BCUT2D eigenvalue weighted by atomic mass is 9.96. The summed E-state index contributed by atoms with van der Waals surface area (Å²) >= 11 is 0. The lowest BCUT2D eigenvalue weighted by Crippen LogP contribution is -2.28. The van der Waals surface area contributed by atoms with E-state index < -0.39 is 6.10 Å². The molecular formula is C16H21NO3. The highest BCUT2D eigenvalue weighted by molar-refractivity contribution is 5.45. The molecule has 2 aliphatic heterocycles. The first-order valence-electron chi connectivity index (χ1n) is 7.27. The number of aliphatic hydroxyl groups excluding tert-OH is 1. The number of fused-ring (bicyclic) bond motifs is 1. The summed E-state index contributed by atoms with van der Waals surface area (Å²) in [6.45, 7) is 5.35. The predicted octanol–water partition coefficient (Wildman–Crippen LogP) is 2.69. The van der Waals surface area contributed by atoms with Crippen molar-refractivity contribution in [2.24, 2.45) is 5.92 Å². The number of rotatable bonds is 4. The van der Waals surface area contributed by atoms with Crippen molar-refractivity contribution in [2.75, 3.05) is 19.6 Å². The summed E-state index contributed by atoms with van der Waals surface area (Å²) in [7, 11) is 0. The van der Waals surface area contributed by atoms with Crippen LogP contribution in [0.3, 0.4) is 0 Å². The predicted molar refractivity (Wildman–Crippen MR) is 76.6 cm³/mol. The Labute approximate surface area is 119 Å². The summed E-state index contributed by atoms with van der Waals surface area (Å²) in [5, 5.41) is 10.5. The van der Waals surface area contributed by atoms with Gasteiger partial charge in [0.15, 0.2) is 11.5 Å². The van der Waals surface area contributed by atoms with Crippen LogP contribution in [0.1, 0.15) is 31.4 Å². The van der Waals surface area contributed by atoms with Gasteiger partial charge in [0.25, 0.3) is 0 Å². The highest BCUT2D eigenvalue weighted by atomic mass is 16.5. The second-order valence-corrected chi connectivity index (χ2v) is 5.64. The van der Waals surface area contributed by atoms with Crippen LogP contribution in [0.2, 0.25) is 0 Å². The minimum atomic E-state index is -0.476. The van der Waals surface area contributed by atoms with Crippen molar-refractivity contribution >= 4 is 0 Å². The van der Waals surface area contributed by atoms with E-state index in [-0.39, 0.29) is 5.92 Å². The van der Waals surface area contributed by atoms with Crippen LogP contribution in [0, 0.1) is 5.92 Å². The SMILES string of the molecule is C[C@H](CN1CCCC1)[C@H](O)c1ccc2c(c1)OC=CO2. The minimum Gasteiger partial charge on any atom is -0.458 e. The largest absolute Gasteiger partial charge is 0.458 e. The number of ether oxygens (including phenoxy) is 2. The van der Waals surface area contributed by atoms with Crippen molar-refractivity contribution in [3.8, 4) is 11.5 Å². The monoisotopic (exact) mass is 275 g/mol. The van der Waals surface area contributed by atoms with Crippen molar-refractivity contribution in [1.29, 1.82) is 0 Å². The van der Waals surface area contributed by atoms with Gasteiger partial charge in [-0.3, -0.25) is 0 Å². The van der Waals surface area contributed by atoms with Gasteiger partial charge in [0.05, 0.1) is 6.10 Å². The third-order valence-corrected chi connectivity index (χ3v) is 4.04. The maximum Gasteiger partial charge on any atom is 0.169 e. The topological polar surface area (TPSA) is 41.9 Å². The number of aliphatic hydroxyl groups is 1. The lowest BCUT2D eigenvalue weighted by molar-refractivity contribution is 0.0943. The molecule has 0 unspecified atom stereocenters. The number of benzene rings is 1. The average Bonchev–Trinajstić information content (AvgIpc) is 2.99. The fourth-order valence-corrected chi connectivity index (χ4v) is 2.90. The third-order valence-electron chi connectivity index (χ3n) is 4.04. The smallest absolute Gasteiger partial charge is 0.169 e. The van der Waals surface area contributed by atoms with Gasteiger partial charge in [0, 0.05) is 6.54 Å². The molecule has 1 N–H and O–H groups in total. The van der Waals surface area contributed by atoms with E-state index in [9.17, 15) is 5.11 Å². The highest BCUT2D eigenvalue weighted by Gasteiger charge is 2.22. The quantitative estimate of drug-likeness (QED) is 0.917. The van der Waals surface area contributed by atoms with Crippen LogP contribution < -0.4 is 9.47 Å². The van der Waals surface area contributed by atoms with Crippen molar-refractivity contribution in [3.05, 3.63) is 36.3 Å². The molecule has 20 heavy (non-hydrogen) atoms. The van der Waals surface area contributed by atoms with Crippen LogP contribution in [0.5, 0.6) is 11.5 Å². The van der Waals surface area contributed by atoms with Crippen molar-refractivity contribution in [1.82, 2.24) is 4.90 Å². The maximum atomic E-state index is 10.5. The Morgan fingerprint density at radius 2 is 1.85 bits per heavy atom. The molecule has 1 saturated heterocycles. The molecule has 1 aromatic rings. The Morgan fingerprint density at radius 3 is 2.60 bits per heavy atom. The summed E-state index contributed by atoms with van der Waals surface area (Å²) in [4.78, 5) is 2.43. The van der Waals surface area contributed by atoms with Gasteiger partial charge < -0.3 is 19.5 Å². The number of likely N-dealkylation sites (tertiary alicyclic amines) is 1. The normalized spacial score (nSPS) is 20.9. The van der Waals surface area contributed by atoms with E-state index in [1.807, 2.05) is 18.2 Å². The second-order valence-electron chi connectivity index (χ2n) is 5.64. The first-order chi connectivity index (χ1) is 9.74. The second kappa shape index (κ2) is 5.85. The molecule has 108 valence electrons. The van der Waals surface area contributed by atoms with Crippen molar-refractivity contribution in [3.63, 3.8) is 0 Å². The zero-order valence-corrected chi connectivity index (χ0v) is 11.8. The summed E-state index contributed by atoms with van der Waals surface area (Å²) < 4.78 is 10.7. The van der Waals surface area contributed by atoms with Crippen LogP contribution in [0.4, 0.5) is 0 Å². The Bertz CT molecular complexity index is 494.